The van der Waals surface area contributed by atoms with E-state index in [9.17, 15) is 0 Å². The summed E-state index contributed by atoms with van der Waals surface area (Å²) in [6.07, 6.45) is 0. The van der Waals surface area contributed by atoms with Crippen molar-refractivity contribution in [2.45, 2.75) is 13.1 Å². The summed E-state index contributed by atoms with van der Waals surface area (Å²) in [5.74, 6) is 2.16. The zero-order valence-electron chi connectivity index (χ0n) is 14.7. The SMILES string of the molecule is CN=C(NCc1ccc(OC)cc1OC)NCc1cc(Cl)c(Cl)n1C. The molecule has 0 atom stereocenters. The maximum absolute atomic E-state index is 6.08. The number of ether oxygens (including phenoxy) is 2. The molecule has 1 heterocycles. The monoisotopic (exact) mass is 384 g/mol. The van der Waals surface area contributed by atoms with Crippen LogP contribution in [0.2, 0.25) is 10.2 Å². The molecule has 2 N–H and O–H groups in total. The van der Waals surface area contributed by atoms with Gasteiger partial charge in [-0.2, -0.15) is 0 Å². The van der Waals surface area contributed by atoms with Crippen LogP contribution in [0.4, 0.5) is 0 Å². The number of methoxy groups -OCH3 is 2. The number of guanidine groups is 1. The van der Waals surface area contributed by atoms with Gasteiger partial charge in [-0.05, 0) is 18.2 Å². The standard InChI is InChI=1S/C17H22Cl2N4O2/c1-20-17(22-10-12-7-14(18)16(19)23(12)2)21-9-11-5-6-13(24-3)8-15(11)25-4/h5-8H,9-10H2,1-4H3,(H2,20,21,22). The van der Waals surface area contributed by atoms with Crippen molar-refractivity contribution >= 4 is 29.2 Å². The highest BCUT2D eigenvalue weighted by Gasteiger charge is 2.10. The normalized spacial score (nSPS) is 11.4. The first-order chi connectivity index (χ1) is 12.0. The van der Waals surface area contributed by atoms with Gasteiger partial charge < -0.3 is 24.7 Å². The van der Waals surface area contributed by atoms with Gasteiger partial charge in [-0.15, -0.1) is 0 Å². The van der Waals surface area contributed by atoms with Gasteiger partial charge >= 0.3 is 0 Å². The highest BCUT2D eigenvalue weighted by atomic mass is 35.5. The lowest BCUT2D eigenvalue weighted by atomic mass is 10.2. The maximum Gasteiger partial charge on any atom is 0.191 e. The zero-order valence-corrected chi connectivity index (χ0v) is 16.2. The van der Waals surface area contributed by atoms with Gasteiger partial charge in [-0.25, -0.2) is 0 Å². The molecule has 0 spiro atoms. The van der Waals surface area contributed by atoms with Gasteiger partial charge in [0.1, 0.15) is 16.7 Å². The predicted molar refractivity (Wildman–Crippen MR) is 102 cm³/mol. The van der Waals surface area contributed by atoms with Crippen LogP contribution in [0.5, 0.6) is 11.5 Å². The molecule has 0 saturated carbocycles. The van der Waals surface area contributed by atoms with Crippen molar-refractivity contribution in [1.82, 2.24) is 15.2 Å². The summed E-state index contributed by atoms with van der Waals surface area (Å²) in [6, 6.07) is 7.52. The smallest absolute Gasteiger partial charge is 0.191 e. The van der Waals surface area contributed by atoms with Crippen LogP contribution in [-0.4, -0.2) is 31.8 Å². The van der Waals surface area contributed by atoms with Gasteiger partial charge in [0.2, 0.25) is 0 Å². The van der Waals surface area contributed by atoms with Crippen molar-refractivity contribution in [2.24, 2.45) is 12.0 Å². The zero-order chi connectivity index (χ0) is 18.4. The number of hydrogen-bond donors (Lipinski definition) is 2. The number of aliphatic imine (C=N–C) groups is 1. The number of nitrogens with zero attached hydrogens (tertiary/aromatic N) is 2. The molecule has 25 heavy (non-hydrogen) atoms. The summed E-state index contributed by atoms with van der Waals surface area (Å²) in [4.78, 5) is 4.22. The largest absolute Gasteiger partial charge is 0.497 e. The average Bonchev–Trinajstić information content (AvgIpc) is 2.88. The molecule has 0 amide bonds. The topological polar surface area (TPSA) is 59.8 Å². The first-order valence-electron chi connectivity index (χ1n) is 7.65. The molecule has 0 aliphatic rings. The van der Waals surface area contributed by atoms with E-state index in [0.29, 0.717) is 29.2 Å². The van der Waals surface area contributed by atoms with Gasteiger partial charge in [0.25, 0.3) is 0 Å². The van der Waals surface area contributed by atoms with E-state index in [1.165, 1.54) is 0 Å². The van der Waals surface area contributed by atoms with Crippen molar-refractivity contribution in [3.05, 3.63) is 45.7 Å². The lowest BCUT2D eigenvalue weighted by Gasteiger charge is -2.15. The fourth-order valence-corrected chi connectivity index (χ4v) is 2.75. The minimum absolute atomic E-state index is 0.518. The van der Waals surface area contributed by atoms with Gasteiger partial charge in [0.15, 0.2) is 5.96 Å². The average molecular weight is 385 g/mol. The molecule has 0 saturated heterocycles. The molecule has 136 valence electrons. The minimum atomic E-state index is 0.518. The Morgan fingerprint density at radius 2 is 1.84 bits per heavy atom. The second-order valence-electron chi connectivity index (χ2n) is 5.29. The van der Waals surface area contributed by atoms with Crippen LogP contribution in [0.1, 0.15) is 11.3 Å². The van der Waals surface area contributed by atoms with Gasteiger partial charge in [0.05, 0.1) is 25.8 Å². The van der Waals surface area contributed by atoms with Crippen molar-refractivity contribution in [3.63, 3.8) is 0 Å². The Kier molecular flexibility index (Phi) is 6.84. The molecule has 2 rings (SSSR count). The molecular weight excluding hydrogens is 363 g/mol. The van der Waals surface area contributed by atoms with Crippen molar-refractivity contribution < 1.29 is 9.47 Å². The molecule has 1 aromatic carbocycles. The lowest BCUT2D eigenvalue weighted by Crippen LogP contribution is -2.36. The van der Waals surface area contributed by atoms with E-state index in [4.69, 9.17) is 32.7 Å². The van der Waals surface area contributed by atoms with Crippen LogP contribution in [-0.2, 0) is 20.1 Å². The minimum Gasteiger partial charge on any atom is -0.497 e. The van der Waals surface area contributed by atoms with Crippen LogP contribution >= 0.6 is 23.2 Å². The van der Waals surface area contributed by atoms with Crippen molar-refractivity contribution in [3.8, 4) is 11.5 Å². The van der Waals surface area contributed by atoms with E-state index in [-0.39, 0.29) is 0 Å². The van der Waals surface area contributed by atoms with Crippen LogP contribution in [0.25, 0.3) is 0 Å². The number of halogens is 2. The van der Waals surface area contributed by atoms with E-state index < -0.39 is 0 Å². The van der Waals surface area contributed by atoms with E-state index in [1.807, 2.05) is 35.9 Å². The quantitative estimate of drug-likeness (QED) is 0.592. The Labute approximate surface area is 157 Å². The summed E-state index contributed by atoms with van der Waals surface area (Å²) in [7, 11) is 6.84. The maximum atomic E-state index is 6.08. The molecule has 2 aromatic rings. The Morgan fingerprint density at radius 1 is 1.12 bits per heavy atom. The van der Waals surface area contributed by atoms with Gasteiger partial charge in [0, 0.05) is 38.0 Å². The van der Waals surface area contributed by atoms with E-state index in [0.717, 1.165) is 22.8 Å². The highest BCUT2D eigenvalue weighted by Crippen LogP contribution is 2.25. The summed E-state index contributed by atoms with van der Waals surface area (Å²) in [6.45, 7) is 1.10. The first-order valence-corrected chi connectivity index (χ1v) is 8.40. The Morgan fingerprint density at radius 3 is 2.40 bits per heavy atom. The fraction of sp³-hybridized carbons (Fsp3) is 0.353. The number of nitrogens with one attached hydrogen (secondary N) is 2. The molecule has 6 nitrogen and oxygen atoms in total. The third-order valence-corrected chi connectivity index (χ3v) is 4.66. The van der Waals surface area contributed by atoms with E-state index >= 15 is 0 Å². The summed E-state index contributed by atoms with van der Waals surface area (Å²) < 4.78 is 12.4. The number of rotatable bonds is 6. The van der Waals surface area contributed by atoms with Crippen LogP contribution in [0.3, 0.4) is 0 Å². The summed E-state index contributed by atoms with van der Waals surface area (Å²) in [5.41, 5.74) is 1.95. The number of aromatic nitrogens is 1. The summed E-state index contributed by atoms with van der Waals surface area (Å²) >= 11 is 12.1. The highest BCUT2D eigenvalue weighted by molar-refractivity contribution is 6.41. The second-order valence-corrected chi connectivity index (χ2v) is 6.06. The fourth-order valence-electron chi connectivity index (χ4n) is 2.33. The number of benzene rings is 1. The van der Waals surface area contributed by atoms with E-state index in [1.54, 1.807) is 21.3 Å². The Bertz CT molecular complexity index is 759. The van der Waals surface area contributed by atoms with Crippen LogP contribution < -0.4 is 20.1 Å². The number of hydrogen-bond acceptors (Lipinski definition) is 3. The second kappa shape index (κ2) is 8.87. The molecule has 1 aromatic heterocycles. The molecule has 0 fully saturated rings. The third-order valence-electron chi connectivity index (χ3n) is 3.82. The molecule has 0 aliphatic carbocycles. The van der Waals surface area contributed by atoms with Gasteiger partial charge in [-0.1, -0.05) is 23.2 Å². The summed E-state index contributed by atoms with van der Waals surface area (Å²) in [5, 5.41) is 7.54. The van der Waals surface area contributed by atoms with Crippen molar-refractivity contribution in [2.75, 3.05) is 21.3 Å². The van der Waals surface area contributed by atoms with Crippen LogP contribution in [0, 0.1) is 0 Å². The van der Waals surface area contributed by atoms with E-state index in [2.05, 4.69) is 15.6 Å². The molecular formula is C17H22Cl2N4O2. The van der Waals surface area contributed by atoms with Crippen molar-refractivity contribution in [1.29, 1.82) is 0 Å². The Balaban J connectivity index is 1.98. The molecule has 0 radical (unpaired) electrons. The predicted octanol–water partition coefficient (Wildman–Crippen LogP) is 3.21. The van der Waals surface area contributed by atoms with Crippen LogP contribution in [0.15, 0.2) is 29.3 Å². The lowest BCUT2D eigenvalue weighted by molar-refractivity contribution is 0.390. The van der Waals surface area contributed by atoms with Gasteiger partial charge in [-0.3, -0.25) is 4.99 Å². The first kappa shape index (κ1) is 19.3. The third kappa shape index (κ3) is 4.74. The molecule has 0 unspecified atom stereocenters. The Hall–Kier alpha value is -2.05. The molecule has 8 heteroatoms. The molecule has 0 aliphatic heterocycles. The molecule has 0 bridgehead atoms.